The topological polar surface area (TPSA) is 56.8 Å². The van der Waals surface area contributed by atoms with E-state index >= 15 is 0 Å². The molecule has 1 aromatic carbocycles. The molecule has 1 aromatic heterocycles. The highest BCUT2D eigenvalue weighted by Gasteiger charge is 2.31. The molecule has 0 aliphatic carbocycles. The smallest absolute Gasteiger partial charge is 0.282 e. The number of nitrogens with zero attached hydrogens (tertiary/aromatic N) is 4. The highest BCUT2D eigenvalue weighted by Crippen LogP contribution is 2.23. The highest BCUT2D eigenvalue weighted by molar-refractivity contribution is 9.10. The molecule has 0 saturated carbocycles. The van der Waals surface area contributed by atoms with Crippen molar-refractivity contribution < 1.29 is 12.8 Å². The van der Waals surface area contributed by atoms with E-state index in [9.17, 15) is 12.8 Å². The van der Waals surface area contributed by atoms with Crippen molar-refractivity contribution in [3.8, 4) is 0 Å². The molecular weight excluding hydrogens is 459 g/mol. The van der Waals surface area contributed by atoms with Crippen molar-refractivity contribution in [2.24, 2.45) is 0 Å². The number of halogens is 3. The molecule has 0 amide bonds. The maximum Gasteiger partial charge on any atom is 0.282 e. The van der Waals surface area contributed by atoms with E-state index in [0.717, 1.165) is 14.6 Å². The summed E-state index contributed by atoms with van der Waals surface area (Å²) in [6.07, 6.45) is 1.71. The minimum atomic E-state index is -3.72. The lowest BCUT2D eigenvalue weighted by Crippen LogP contribution is -2.52. The van der Waals surface area contributed by atoms with Gasteiger partial charge in [-0.3, -0.25) is 0 Å². The van der Waals surface area contributed by atoms with Gasteiger partial charge in [0.1, 0.15) is 11.6 Å². The minimum Gasteiger partial charge on any atom is -0.354 e. The number of anilines is 1. The summed E-state index contributed by atoms with van der Waals surface area (Å²) in [5, 5.41) is 0.211. The average Bonchev–Trinajstić information content (AvgIpc) is 2.65. The van der Waals surface area contributed by atoms with Crippen LogP contribution in [0.25, 0.3) is 0 Å². The van der Waals surface area contributed by atoms with Gasteiger partial charge in [0.15, 0.2) is 0 Å². The van der Waals surface area contributed by atoms with Crippen LogP contribution in [0, 0.1) is 5.82 Å². The standard InChI is InChI=1S/C17H19BrClFN4O2S/c1-22(12-14-15(19)3-2-4-16(14)20)27(25,26)24-9-7-23(8-10-24)17-6-5-13(18)11-21-17/h2-6,11H,7-10,12H2,1H3. The molecular formula is C17H19BrClFN4O2S. The minimum absolute atomic E-state index is 0.123. The van der Waals surface area contributed by atoms with Crippen molar-refractivity contribution in [3.63, 3.8) is 0 Å². The number of rotatable bonds is 5. The monoisotopic (exact) mass is 476 g/mol. The summed E-state index contributed by atoms with van der Waals surface area (Å²) < 4.78 is 43.1. The van der Waals surface area contributed by atoms with Gasteiger partial charge in [-0.1, -0.05) is 17.7 Å². The van der Waals surface area contributed by atoms with Crippen LogP contribution < -0.4 is 4.90 Å². The summed E-state index contributed by atoms with van der Waals surface area (Å²) in [4.78, 5) is 6.38. The lowest BCUT2D eigenvalue weighted by atomic mass is 10.2. The molecule has 1 saturated heterocycles. The van der Waals surface area contributed by atoms with Gasteiger partial charge in [-0.2, -0.15) is 17.0 Å². The van der Waals surface area contributed by atoms with Crippen LogP contribution >= 0.6 is 27.5 Å². The number of benzene rings is 1. The molecule has 2 heterocycles. The molecule has 0 radical (unpaired) electrons. The van der Waals surface area contributed by atoms with Crippen molar-refractivity contribution in [3.05, 3.63) is 57.4 Å². The van der Waals surface area contributed by atoms with Crippen LogP contribution in [-0.2, 0) is 16.8 Å². The molecule has 0 N–H and O–H groups in total. The molecule has 10 heteroatoms. The Morgan fingerprint density at radius 3 is 2.52 bits per heavy atom. The Bertz CT molecular complexity index is 885. The molecule has 27 heavy (non-hydrogen) atoms. The third kappa shape index (κ3) is 4.60. The number of hydrogen-bond donors (Lipinski definition) is 0. The number of aromatic nitrogens is 1. The van der Waals surface area contributed by atoms with E-state index in [1.165, 1.54) is 23.5 Å². The maximum absolute atomic E-state index is 14.0. The van der Waals surface area contributed by atoms with E-state index in [1.807, 2.05) is 17.0 Å². The van der Waals surface area contributed by atoms with Gasteiger partial charge in [0.05, 0.1) is 0 Å². The molecule has 0 spiro atoms. The van der Waals surface area contributed by atoms with Gasteiger partial charge in [-0.05, 0) is 40.2 Å². The zero-order valence-electron chi connectivity index (χ0n) is 14.6. The van der Waals surface area contributed by atoms with Gasteiger partial charge >= 0.3 is 0 Å². The third-order valence-electron chi connectivity index (χ3n) is 4.44. The van der Waals surface area contributed by atoms with Crippen LogP contribution in [0.15, 0.2) is 41.0 Å². The predicted octanol–water partition coefficient (Wildman–Crippen LogP) is 3.14. The summed E-state index contributed by atoms with van der Waals surface area (Å²) in [5.41, 5.74) is 0.169. The van der Waals surface area contributed by atoms with Crippen LogP contribution in [0.4, 0.5) is 10.2 Å². The predicted molar refractivity (Wildman–Crippen MR) is 108 cm³/mol. The summed E-state index contributed by atoms with van der Waals surface area (Å²) in [6.45, 7) is 1.59. The summed E-state index contributed by atoms with van der Waals surface area (Å²) in [6, 6.07) is 8.10. The van der Waals surface area contributed by atoms with Gasteiger partial charge in [0.2, 0.25) is 0 Å². The second-order valence-corrected chi connectivity index (χ2v) is 9.54. The molecule has 2 aromatic rings. The first kappa shape index (κ1) is 20.5. The quantitative estimate of drug-likeness (QED) is 0.664. The van der Waals surface area contributed by atoms with E-state index in [1.54, 1.807) is 12.3 Å². The first-order valence-electron chi connectivity index (χ1n) is 8.30. The Morgan fingerprint density at radius 1 is 1.22 bits per heavy atom. The number of hydrogen-bond acceptors (Lipinski definition) is 4. The average molecular weight is 478 g/mol. The highest BCUT2D eigenvalue weighted by atomic mass is 79.9. The second-order valence-electron chi connectivity index (χ2n) is 6.18. The van der Waals surface area contributed by atoms with Crippen LogP contribution in [-0.4, -0.2) is 55.2 Å². The van der Waals surface area contributed by atoms with Crippen LogP contribution in [0.3, 0.4) is 0 Å². The zero-order chi connectivity index (χ0) is 19.6. The molecule has 0 unspecified atom stereocenters. The van der Waals surface area contributed by atoms with Gasteiger partial charge in [-0.15, -0.1) is 0 Å². The molecule has 1 aliphatic rings. The Hall–Kier alpha value is -1.26. The Labute approximate surface area is 171 Å². The summed E-state index contributed by atoms with van der Waals surface area (Å²) in [5.74, 6) is 0.289. The number of piperazine rings is 1. The lowest BCUT2D eigenvalue weighted by Gasteiger charge is -2.36. The van der Waals surface area contributed by atoms with Crippen molar-refractivity contribution in [2.75, 3.05) is 38.1 Å². The molecule has 1 aliphatic heterocycles. The van der Waals surface area contributed by atoms with E-state index in [-0.39, 0.29) is 17.1 Å². The molecule has 6 nitrogen and oxygen atoms in total. The fraction of sp³-hybridized carbons (Fsp3) is 0.353. The van der Waals surface area contributed by atoms with Crippen molar-refractivity contribution in [1.29, 1.82) is 0 Å². The van der Waals surface area contributed by atoms with Gasteiger partial charge in [0.25, 0.3) is 10.2 Å². The van der Waals surface area contributed by atoms with Crippen LogP contribution in [0.2, 0.25) is 5.02 Å². The Balaban J connectivity index is 1.66. The zero-order valence-corrected chi connectivity index (χ0v) is 17.8. The Kier molecular flexibility index (Phi) is 6.37. The maximum atomic E-state index is 14.0. The Morgan fingerprint density at radius 2 is 1.93 bits per heavy atom. The van der Waals surface area contributed by atoms with E-state index in [4.69, 9.17) is 11.6 Å². The number of pyridine rings is 1. The van der Waals surface area contributed by atoms with Crippen LogP contribution in [0.1, 0.15) is 5.56 Å². The van der Waals surface area contributed by atoms with Gasteiger partial charge < -0.3 is 4.90 Å². The SMILES string of the molecule is CN(Cc1c(F)cccc1Cl)S(=O)(=O)N1CCN(c2ccc(Br)cn2)CC1. The molecule has 0 bridgehead atoms. The normalized spacial score (nSPS) is 16.1. The van der Waals surface area contributed by atoms with Crippen LogP contribution in [0.5, 0.6) is 0 Å². The van der Waals surface area contributed by atoms with Crippen molar-refractivity contribution >= 4 is 43.6 Å². The fourth-order valence-electron chi connectivity index (χ4n) is 2.89. The largest absolute Gasteiger partial charge is 0.354 e. The van der Waals surface area contributed by atoms with E-state index in [0.29, 0.717) is 26.2 Å². The molecule has 0 atom stereocenters. The van der Waals surface area contributed by atoms with Crippen molar-refractivity contribution in [2.45, 2.75) is 6.54 Å². The first-order chi connectivity index (χ1) is 12.8. The first-order valence-corrected chi connectivity index (χ1v) is 10.9. The second kappa shape index (κ2) is 8.40. The molecule has 3 rings (SSSR count). The van der Waals surface area contributed by atoms with E-state index < -0.39 is 16.0 Å². The van der Waals surface area contributed by atoms with Gasteiger partial charge in [0, 0.05) is 61.0 Å². The molecule has 146 valence electrons. The third-order valence-corrected chi connectivity index (χ3v) is 7.19. The summed E-state index contributed by atoms with van der Waals surface area (Å²) in [7, 11) is -2.29. The van der Waals surface area contributed by atoms with Gasteiger partial charge in [-0.25, -0.2) is 9.37 Å². The fourth-order valence-corrected chi connectivity index (χ4v) is 4.66. The van der Waals surface area contributed by atoms with Crippen molar-refractivity contribution in [1.82, 2.24) is 13.6 Å². The molecule has 1 fully saturated rings. The van der Waals surface area contributed by atoms with E-state index in [2.05, 4.69) is 20.9 Å². The summed E-state index contributed by atoms with van der Waals surface area (Å²) >= 11 is 9.36. The lowest BCUT2D eigenvalue weighted by molar-refractivity contribution is 0.338.